The average molecular weight is 662 g/mol. The molecule has 1 N–H and O–H groups in total. The van der Waals surface area contributed by atoms with Gasteiger partial charge in [-0.3, -0.25) is 24.1 Å². The predicted octanol–water partition coefficient (Wildman–Crippen LogP) is 6.60. The number of aromatic nitrogens is 1. The Balaban J connectivity index is 1.17. The first-order chi connectivity index (χ1) is 21.7. The zero-order valence-electron chi connectivity index (χ0n) is 24.0. The van der Waals surface area contributed by atoms with Crippen LogP contribution in [0.15, 0.2) is 110 Å². The van der Waals surface area contributed by atoms with Gasteiger partial charge < -0.3 is 9.52 Å². The molecule has 1 saturated heterocycles. The molecule has 4 aliphatic rings. The SMILES string of the molecule is CC1=CC(=O)C2=C(C[C@@H]3C(=CC[C@@H]4C(=O)N(c5ccc(-c6nc7ccccc7o6)cc5)C(=O)[C@@H]43)[C@@H]2c2cc(Br)ccc2O)C1=O. The smallest absolute Gasteiger partial charge is 0.238 e. The second-order valence-electron chi connectivity index (χ2n) is 12.0. The summed E-state index contributed by atoms with van der Waals surface area (Å²) in [5, 5.41) is 11.0. The number of Topliss-reactive ketones (excluding diaryl/α,β-unsaturated/α-hetero) is 1. The summed E-state index contributed by atoms with van der Waals surface area (Å²) < 4.78 is 6.58. The Morgan fingerprint density at radius 2 is 1.73 bits per heavy atom. The third-order valence-corrected chi connectivity index (χ3v) is 10.0. The second kappa shape index (κ2) is 10.1. The normalized spacial score (nSPS) is 24.4. The molecule has 0 saturated carbocycles. The average Bonchev–Trinajstić information content (AvgIpc) is 3.58. The van der Waals surface area contributed by atoms with Gasteiger partial charge in [0.15, 0.2) is 17.1 Å². The molecule has 2 amide bonds. The van der Waals surface area contributed by atoms with Crippen LogP contribution in [0.4, 0.5) is 5.69 Å². The minimum absolute atomic E-state index is 0.0141. The molecule has 4 aromatic rings. The number of aromatic hydroxyl groups is 1. The number of carbonyl (C=O) groups excluding carboxylic acids is 4. The van der Waals surface area contributed by atoms with Gasteiger partial charge in [-0.05, 0) is 86.4 Å². The minimum Gasteiger partial charge on any atom is -0.508 e. The number of oxazole rings is 1. The van der Waals surface area contributed by atoms with E-state index in [4.69, 9.17) is 4.42 Å². The number of anilines is 1. The topological polar surface area (TPSA) is 118 Å². The van der Waals surface area contributed by atoms with Gasteiger partial charge in [0.25, 0.3) is 0 Å². The number of imide groups is 1. The van der Waals surface area contributed by atoms with Crippen LogP contribution in [0.3, 0.4) is 0 Å². The molecular weight excluding hydrogens is 636 g/mol. The van der Waals surface area contributed by atoms with Crippen LogP contribution >= 0.6 is 15.9 Å². The van der Waals surface area contributed by atoms with Crippen molar-refractivity contribution in [2.45, 2.75) is 25.7 Å². The molecule has 8 nitrogen and oxygen atoms in total. The van der Waals surface area contributed by atoms with Gasteiger partial charge in [-0.15, -0.1) is 0 Å². The van der Waals surface area contributed by atoms with Gasteiger partial charge in [0.05, 0.1) is 17.5 Å². The number of ketones is 2. The molecule has 0 radical (unpaired) electrons. The van der Waals surface area contributed by atoms with Crippen molar-refractivity contribution >= 4 is 56.1 Å². The molecule has 3 aliphatic carbocycles. The van der Waals surface area contributed by atoms with Crippen LogP contribution in [-0.4, -0.2) is 33.5 Å². The lowest BCUT2D eigenvalue weighted by Crippen LogP contribution is -2.39. The van der Waals surface area contributed by atoms with Crippen molar-refractivity contribution in [1.82, 2.24) is 4.98 Å². The van der Waals surface area contributed by atoms with E-state index in [0.29, 0.717) is 55.9 Å². The van der Waals surface area contributed by atoms with Crippen molar-refractivity contribution in [3.63, 3.8) is 0 Å². The number of amides is 2. The van der Waals surface area contributed by atoms with Crippen LogP contribution in [0.1, 0.15) is 31.2 Å². The predicted molar refractivity (Wildman–Crippen MR) is 169 cm³/mol. The maximum Gasteiger partial charge on any atom is 0.238 e. The Morgan fingerprint density at radius 3 is 2.51 bits per heavy atom. The monoisotopic (exact) mass is 660 g/mol. The largest absolute Gasteiger partial charge is 0.508 e. The maximum atomic E-state index is 14.2. The molecule has 2 heterocycles. The molecule has 9 heteroatoms. The lowest BCUT2D eigenvalue weighted by molar-refractivity contribution is -0.123. The summed E-state index contributed by atoms with van der Waals surface area (Å²) in [5.74, 6) is -3.25. The van der Waals surface area contributed by atoms with Crippen LogP contribution in [0.2, 0.25) is 0 Å². The Hall–Kier alpha value is -4.89. The molecule has 1 fully saturated rings. The highest BCUT2D eigenvalue weighted by Crippen LogP contribution is 2.56. The fraction of sp³-hybridized carbons (Fsp3) is 0.194. The van der Waals surface area contributed by atoms with Crippen molar-refractivity contribution in [3.05, 3.63) is 111 Å². The molecule has 8 rings (SSSR count). The fourth-order valence-corrected chi connectivity index (χ4v) is 7.88. The quantitative estimate of drug-likeness (QED) is 0.149. The van der Waals surface area contributed by atoms with E-state index in [9.17, 15) is 24.3 Å². The van der Waals surface area contributed by atoms with E-state index in [1.807, 2.05) is 30.3 Å². The second-order valence-corrected chi connectivity index (χ2v) is 12.9. The summed E-state index contributed by atoms with van der Waals surface area (Å²) in [6.45, 7) is 1.61. The Morgan fingerprint density at radius 1 is 0.956 bits per heavy atom. The van der Waals surface area contributed by atoms with Crippen LogP contribution in [0.25, 0.3) is 22.6 Å². The van der Waals surface area contributed by atoms with Gasteiger partial charge in [0.2, 0.25) is 17.7 Å². The molecule has 45 heavy (non-hydrogen) atoms. The lowest BCUT2D eigenvalue weighted by atomic mass is 9.59. The van der Waals surface area contributed by atoms with Crippen molar-refractivity contribution in [1.29, 1.82) is 0 Å². The van der Waals surface area contributed by atoms with E-state index in [-0.39, 0.29) is 35.6 Å². The van der Waals surface area contributed by atoms with Crippen molar-refractivity contribution in [2.75, 3.05) is 4.90 Å². The maximum absolute atomic E-state index is 14.2. The van der Waals surface area contributed by atoms with E-state index in [2.05, 4.69) is 20.9 Å². The van der Waals surface area contributed by atoms with E-state index in [1.54, 1.807) is 49.4 Å². The highest BCUT2D eigenvalue weighted by molar-refractivity contribution is 9.10. The molecule has 0 spiro atoms. The number of phenols is 1. The first kappa shape index (κ1) is 27.6. The van der Waals surface area contributed by atoms with Gasteiger partial charge >= 0.3 is 0 Å². The van der Waals surface area contributed by atoms with E-state index < -0.39 is 23.7 Å². The van der Waals surface area contributed by atoms with Crippen LogP contribution in [-0.2, 0) is 19.2 Å². The lowest BCUT2D eigenvalue weighted by Gasteiger charge is -2.42. The Labute approximate surface area is 265 Å². The molecule has 1 aliphatic heterocycles. The van der Waals surface area contributed by atoms with Crippen LogP contribution in [0, 0.1) is 17.8 Å². The van der Waals surface area contributed by atoms with Crippen LogP contribution in [0.5, 0.6) is 5.75 Å². The number of hydrogen-bond donors (Lipinski definition) is 1. The van der Waals surface area contributed by atoms with Crippen LogP contribution < -0.4 is 4.90 Å². The fourth-order valence-electron chi connectivity index (χ4n) is 7.50. The van der Waals surface area contributed by atoms with Crippen molar-refractivity contribution < 1.29 is 28.7 Å². The Bertz CT molecular complexity index is 2070. The highest BCUT2D eigenvalue weighted by atomic mass is 79.9. The number of para-hydroxylation sites is 2. The Kier molecular flexibility index (Phi) is 6.19. The number of benzene rings is 3. The van der Waals surface area contributed by atoms with Gasteiger partial charge in [-0.2, -0.15) is 0 Å². The summed E-state index contributed by atoms with van der Waals surface area (Å²) in [6.07, 6.45) is 3.77. The number of phenolic OH excluding ortho intramolecular Hbond substituents is 1. The van der Waals surface area contributed by atoms with Crippen molar-refractivity contribution in [3.8, 4) is 17.2 Å². The summed E-state index contributed by atoms with van der Waals surface area (Å²) in [5.41, 5.74) is 4.84. The van der Waals surface area contributed by atoms with Gasteiger partial charge in [0, 0.05) is 38.2 Å². The van der Waals surface area contributed by atoms with Gasteiger partial charge in [0.1, 0.15) is 11.3 Å². The number of fused-ring (bicyclic) bond motifs is 4. The van der Waals surface area contributed by atoms with E-state index >= 15 is 0 Å². The summed E-state index contributed by atoms with van der Waals surface area (Å²) in [4.78, 5) is 60.8. The molecule has 4 atom stereocenters. The summed E-state index contributed by atoms with van der Waals surface area (Å²) >= 11 is 3.47. The zero-order valence-corrected chi connectivity index (χ0v) is 25.6. The third kappa shape index (κ3) is 4.14. The number of hydrogen-bond acceptors (Lipinski definition) is 7. The third-order valence-electron chi connectivity index (χ3n) is 9.53. The van der Waals surface area contributed by atoms with E-state index in [0.717, 1.165) is 11.1 Å². The number of rotatable bonds is 3. The summed E-state index contributed by atoms with van der Waals surface area (Å²) in [7, 11) is 0. The molecule has 1 aromatic heterocycles. The number of allylic oxidation sites excluding steroid dienone is 6. The minimum atomic E-state index is -0.717. The van der Waals surface area contributed by atoms with Crippen molar-refractivity contribution in [2.24, 2.45) is 17.8 Å². The number of nitrogens with zero attached hydrogens (tertiary/aromatic N) is 2. The first-order valence-electron chi connectivity index (χ1n) is 14.7. The number of halogens is 1. The zero-order chi connectivity index (χ0) is 31.1. The standard InChI is InChI=1S/C36H25BrN2O6/c1-17-14-28(41)32-25(33(17)42)16-23-21(30(32)24-15-19(37)8-13-27(24)40)11-12-22-31(23)36(44)39(35(22)43)20-9-6-18(7-10-20)34-38-26-4-2-3-5-29(26)45-34/h2-11,13-15,22-23,30-31,40H,12,16H2,1H3/t22-,23+,30+,31-/m0/s1. The molecule has 0 bridgehead atoms. The molecule has 222 valence electrons. The van der Waals surface area contributed by atoms with Gasteiger partial charge in [-0.25, -0.2) is 4.98 Å². The molecular formula is C36H25BrN2O6. The first-order valence-corrected chi connectivity index (χ1v) is 15.5. The molecule has 0 unspecified atom stereocenters. The van der Waals surface area contributed by atoms with E-state index in [1.165, 1.54) is 11.0 Å². The molecule has 3 aromatic carbocycles. The number of carbonyl (C=O) groups is 4. The summed E-state index contributed by atoms with van der Waals surface area (Å²) in [6, 6.07) is 19.4. The van der Waals surface area contributed by atoms with Gasteiger partial charge in [-0.1, -0.05) is 39.7 Å². The highest BCUT2D eigenvalue weighted by Gasteiger charge is 2.56.